The Morgan fingerprint density at radius 1 is 1.21 bits per heavy atom. The quantitative estimate of drug-likeness (QED) is 0.211. The zero-order valence-electron chi connectivity index (χ0n) is 19.2. The van der Waals surface area contributed by atoms with Gasteiger partial charge in [-0.25, -0.2) is 4.98 Å². The van der Waals surface area contributed by atoms with Gasteiger partial charge in [0.2, 0.25) is 5.95 Å². The van der Waals surface area contributed by atoms with Gasteiger partial charge in [-0.3, -0.25) is 14.8 Å². The van der Waals surface area contributed by atoms with Gasteiger partial charge in [-0.05, 0) is 55.5 Å². The summed E-state index contributed by atoms with van der Waals surface area (Å²) < 4.78 is 5.65. The minimum absolute atomic E-state index is 0.0826. The summed E-state index contributed by atoms with van der Waals surface area (Å²) in [6.07, 6.45) is 6.93. The number of aryl methyl sites for hydroxylation is 1. The van der Waals surface area contributed by atoms with Gasteiger partial charge in [-0.15, -0.1) is 0 Å². The molecule has 9 heteroatoms. The Hall–Kier alpha value is -3.23. The number of unbranched alkanes of at least 4 members (excludes halogenated alkanes) is 3. The number of hydrogen-bond acceptors (Lipinski definition) is 7. The van der Waals surface area contributed by atoms with Crippen LogP contribution in [0.15, 0.2) is 41.3 Å². The second kappa shape index (κ2) is 12.9. The molecule has 0 spiro atoms. The van der Waals surface area contributed by atoms with E-state index < -0.39 is 0 Å². The lowest BCUT2D eigenvalue weighted by Crippen LogP contribution is -2.20. The lowest BCUT2D eigenvalue weighted by atomic mass is 10.1. The topological polar surface area (TPSA) is 124 Å². The molecule has 0 aliphatic rings. The Morgan fingerprint density at radius 2 is 2.03 bits per heavy atom. The number of benzene rings is 1. The Bertz CT molecular complexity index is 1150. The van der Waals surface area contributed by atoms with Crippen LogP contribution in [0.4, 0.5) is 5.95 Å². The highest BCUT2D eigenvalue weighted by molar-refractivity contribution is 6.31. The van der Waals surface area contributed by atoms with Crippen LogP contribution in [-0.2, 0) is 19.6 Å². The molecule has 4 N–H and O–H groups in total. The van der Waals surface area contributed by atoms with E-state index in [1.54, 1.807) is 18.3 Å². The summed E-state index contributed by atoms with van der Waals surface area (Å²) in [5, 5.41) is 20.5. The summed E-state index contributed by atoms with van der Waals surface area (Å²) in [5.74, 6) is 1.03. The number of hydrogen-bond donors (Lipinski definition) is 4. The fourth-order valence-electron chi connectivity index (χ4n) is 3.50. The van der Waals surface area contributed by atoms with E-state index in [0.717, 1.165) is 43.0 Å². The van der Waals surface area contributed by atoms with Crippen LogP contribution >= 0.6 is 11.6 Å². The highest BCUT2D eigenvalue weighted by atomic mass is 35.5. The molecule has 3 rings (SSSR count). The predicted octanol–water partition coefficient (Wildman–Crippen LogP) is 4.41. The first kappa shape index (κ1) is 25.4. The summed E-state index contributed by atoms with van der Waals surface area (Å²) in [5.41, 5.74) is 3.33. The Morgan fingerprint density at radius 3 is 2.74 bits per heavy atom. The van der Waals surface area contributed by atoms with Crippen molar-refractivity contribution in [3.8, 4) is 5.75 Å². The number of pyridine rings is 1. The third-order valence-electron chi connectivity index (χ3n) is 5.42. The average Bonchev–Trinajstić information content (AvgIpc) is 2.85. The van der Waals surface area contributed by atoms with E-state index >= 15 is 0 Å². The maximum atomic E-state index is 12.6. The highest BCUT2D eigenvalue weighted by Gasteiger charge is 2.10. The molecular weight excluding hydrogens is 454 g/mol. The molecule has 0 bridgehead atoms. The normalized spacial score (nSPS) is 10.8. The van der Waals surface area contributed by atoms with Gasteiger partial charge in [0.05, 0.1) is 30.8 Å². The average molecular weight is 484 g/mol. The van der Waals surface area contributed by atoms with Gasteiger partial charge in [0.15, 0.2) is 0 Å². The van der Waals surface area contributed by atoms with Crippen LogP contribution in [0.2, 0.25) is 5.02 Å². The molecule has 0 saturated carbocycles. The fraction of sp³-hybridized carbons (Fsp3) is 0.360. The van der Waals surface area contributed by atoms with Crippen LogP contribution in [0.3, 0.4) is 0 Å². The Labute approximate surface area is 203 Å². The summed E-state index contributed by atoms with van der Waals surface area (Å²) >= 11 is 6.07. The predicted molar refractivity (Wildman–Crippen MR) is 134 cm³/mol. The van der Waals surface area contributed by atoms with E-state index in [9.17, 15) is 4.79 Å². The number of anilines is 1. The number of rotatable bonds is 13. The third-order valence-corrected chi connectivity index (χ3v) is 5.84. The number of aliphatic hydroxyl groups excluding tert-OH is 1. The maximum absolute atomic E-state index is 12.6. The second-order valence-electron chi connectivity index (χ2n) is 8.02. The number of ether oxygens (including phenoxy) is 1. The van der Waals surface area contributed by atoms with Crippen molar-refractivity contribution in [3.05, 3.63) is 80.0 Å². The first-order valence-electron chi connectivity index (χ1n) is 11.3. The molecule has 34 heavy (non-hydrogen) atoms. The number of halogens is 1. The molecule has 0 fully saturated rings. The summed E-state index contributed by atoms with van der Waals surface area (Å²) in [4.78, 5) is 23.9. The Balaban J connectivity index is 1.43. The summed E-state index contributed by atoms with van der Waals surface area (Å²) in [6.45, 7) is 2.93. The first-order valence-corrected chi connectivity index (χ1v) is 11.7. The van der Waals surface area contributed by atoms with E-state index in [1.807, 2.05) is 25.1 Å². The van der Waals surface area contributed by atoms with Gasteiger partial charge in [0.25, 0.3) is 5.56 Å². The van der Waals surface area contributed by atoms with E-state index in [2.05, 4.69) is 20.3 Å². The summed E-state index contributed by atoms with van der Waals surface area (Å²) in [7, 11) is 0. The van der Waals surface area contributed by atoms with E-state index in [0.29, 0.717) is 53.2 Å². The van der Waals surface area contributed by atoms with E-state index in [-0.39, 0.29) is 12.2 Å². The number of aliphatic hydroxyl groups is 1. The van der Waals surface area contributed by atoms with Crippen molar-refractivity contribution < 1.29 is 9.84 Å². The standard InChI is InChI=1S/C25H30ClN5O3/c1-17-12-18(7-10-22(17)26)14-29-25-30-23(13-27)21(24(33)31-25)6-4-2-3-5-11-34-20-9-8-19(16-32)28-15-20/h7-10,12-13,15,27,32H,2-6,11,14,16H2,1H3,(H2,29,30,31,33). The minimum Gasteiger partial charge on any atom is -0.492 e. The van der Waals surface area contributed by atoms with Crippen LogP contribution in [0, 0.1) is 12.3 Å². The number of aromatic nitrogens is 3. The summed E-state index contributed by atoms with van der Waals surface area (Å²) in [6, 6.07) is 9.27. The highest BCUT2D eigenvalue weighted by Crippen LogP contribution is 2.17. The molecule has 2 aromatic heterocycles. The maximum Gasteiger partial charge on any atom is 0.256 e. The number of nitrogens with one attached hydrogen (secondary N) is 3. The largest absolute Gasteiger partial charge is 0.492 e. The number of nitrogens with zero attached hydrogens (tertiary/aromatic N) is 2. The minimum atomic E-state index is -0.217. The lowest BCUT2D eigenvalue weighted by Gasteiger charge is -2.10. The number of aromatic amines is 1. The molecule has 0 saturated heterocycles. The SMILES string of the molecule is Cc1cc(CNc2nc(C=N)c(CCCCCCOc3ccc(CO)nc3)c(=O)[nH]2)ccc1Cl. The molecule has 180 valence electrons. The van der Waals surface area contributed by atoms with Crippen molar-refractivity contribution in [2.75, 3.05) is 11.9 Å². The van der Waals surface area contributed by atoms with E-state index in [4.69, 9.17) is 26.9 Å². The molecule has 2 heterocycles. The number of H-pyrrole nitrogens is 1. The van der Waals surface area contributed by atoms with Gasteiger partial charge in [0, 0.05) is 23.3 Å². The van der Waals surface area contributed by atoms with E-state index in [1.165, 1.54) is 0 Å². The third kappa shape index (κ3) is 7.40. The van der Waals surface area contributed by atoms with Crippen LogP contribution in [0.5, 0.6) is 5.75 Å². The first-order chi connectivity index (χ1) is 16.5. The van der Waals surface area contributed by atoms with Crippen LogP contribution < -0.4 is 15.6 Å². The molecule has 0 aliphatic carbocycles. The molecule has 0 amide bonds. The monoisotopic (exact) mass is 483 g/mol. The molecule has 1 aromatic carbocycles. The molecule has 0 atom stereocenters. The Kier molecular flexibility index (Phi) is 9.61. The van der Waals surface area contributed by atoms with Gasteiger partial charge >= 0.3 is 0 Å². The molecule has 0 radical (unpaired) electrons. The molecule has 0 aliphatic heterocycles. The van der Waals surface area contributed by atoms with Gasteiger partial charge < -0.3 is 20.6 Å². The van der Waals surface area contributed by atoms with Gasteiger partial charge in [-0.2, -0.15) is 0 Å². The van der Waals surface area contributed by atoms with Crippen molar-refractivity contribution in [3.63, 3.8) is 0 Å². The van der Waals surface area contributed by atoms with Crippen molar-refractivity contribution in [1.29, 1.82) is 5.41 Å². The van der Waals surface area contributed by atoms with Crippen molar-refractivity contribution in [2.24, 2.45) is 0 Å². The van der Waals surface area contributed by atoms with Crippen LogP contribution in [0.25, 0.3) is 0 Å². The van der Waals surface area contributed by atoms with Gasteiger partial charge in [-0.1, -0.05) is 36.6 Å². The lowest BCUT2D eigenvalue weighted by molar-refractivity contribution is 0.275. The molecule has 8 nitrogen and oxygen atoms in total. The van der Waals surface area contributed by atoms with Crippen molar-refractivity contribution in [2.45, 2.75) is 52.2 Å². The zero-order valence-corrected chi connectivity index (χ0v) is 20.0. The second-order valence-corrected chi connectivity index (χ2v) is 8.42. The van der Waals surface area contributed by atoms with Crippen LogP contribution in [0.1, 0.15) is 53.8 Å². The molecular formula is C25H30ClN5O3. The van der Waals surface area contributed by atoms with Crippen molar-refractivity contribution >= 4 is 23.8 Å². The van der Waals surface area contributed by atoms with Gasteiger partial charge in [0.1, 0.15) is 5.75 Å². The molecule has 3 aromatic rings. The van der Waals surface area contributed by atoms with Crippen molar-refractivity contribution in [1.82, 2.24) is 15.0 Å². The smallest absolute Gasteiger partial charge is 0.256 e. The fourth-order valence-corrected chi connectivity index (χ4v) is 3.62. The molecule has 0 unspecified atom stereocenters. The zero-order chi connectivity index (χ0) is 24.3. The van der Waals surface area contributed by atoms with Crippen LogP contribution in [-0.4, -0.2) is 32.9 Å².